The Morgan fingerprint density at radius 2 is 1.72 bits per heavy atom. The number of aromatic nitrogens is 2. The van der Waals surface area contributed by atoms with Crippen LogP contribution in [0.3, 0.4) is 0 Å². The summed E-state index contributed by atoms with van der Waals surface area (Å²) < 4.78 is 1.29. The Morgan fingerprint density at radius 1 is 1.06 bits per heavy atom. The molecule has 3 aromatic rings. The number of unbranched alkanes of at least 4 members (excludes halogenated alkanes) is 1. The number of anilines is 2. The van der Waals surface area contributed by atoms with Gasteiger partial charge in [0, 0.05) is 16.6 Å². The van der Waals surface area contributed by atoms with Crippen LogP contribution in [0.25, 0.3) is 0 Å². The summed E-state index contributed by atoms with van der Waals surface area (Å²) >= 11 is 12.5. The molecule has 0 aliphatic rings. The molecule has 3 N–H and O–H groups in total. The SMILES string of the molecule is CCCCn1c(N)c(N(Cc2ccccc2)C(=O)Cc2c(Cl)cccc2Cl)c(=O)[nH]c1=O. The van der Waals surface area contributed by atoms with E-state index in [0.717, 1.165) is 12.0 Å². The molecule has 0 spiro atoms. The maximum absolute atomic E-state index is 13.4. The number of nitrogens with two attached hydrogens (primary N) is 1. The number of benzene rings is 2. The highest BCUT2D eigenvalue weighted by molar-refractivity contribution is 6.36. The van der Waals surface area contributed by atoms with E-state index in [1.807, 2.05) is 37.3 Å². The Hall–Kier alpha value is -3.03. The summed E-state index contributed by atoms with van der Waals surface area (Å²) in [6, 6.07) is 14.2. The van der Waals surface area contributed by atoms with Crippen LogP contribution in [0.2, 0.25) is 10.0 Å². The summed E-state index contributed by atoms with van der Waals surface area (Å²) in [5.41, 5.74) is 6.10. The molecule has 0 radical (unpaired) electrons. The summed E-state index contributed by atoms with van der Waals surface area (Å²) in [5, 5.41) is 0.695. The quantitative estimate of drug-likeness (QED) is 0.514. The first-order chi connectivity index (χ1) is 15.3. The Balaban J connectivity index is 2.10. The number of hydrogen-bond donors (Lipinski definition) is 2. The molecule has 0 saturated heterocycles. The summed E-state index contributed by atoms with van der Waals surface area (Å²) in [4.78, 5) is 42.2. The molecule has 3 rings (SSSR count). The lowest BCUT2D eigenvalue weighted by molar-refractivity contribution is -0.118. The van der Waals surface area contributed by atoms with Crippen LogP contribution in [0.1, 0.15) is 30.9 Å². The normalized spacial score (nSPS) is 10.8. The number of rotatable bonds is 8. The van der Waals surface area contributed by atoms with Crippen molar-refractivity contribution in [3.05, 3.63) is 90.5 Å². The lowest BCUT2D eigenvalue weighted by Crippen LogP contribution is -2.41. The number of nitrogens with zero attached hydrogens (tertiary/aromatic N) is 2. The first-order valence-corrected chi connectivity index (χ1v) is 11.0. The van der Waals surface area contributed by atoms with Crippen molar-refractivity contribution < 1.29 is 4.79 Å². The second-order valence-electron chi connectivity index (χ2n) is 7.34. The minimum atomic E-state index is -0.727. The summed E-state index contributed by atoms with van der Waals surface area (Å²) in [6.45, 7) is 2.39. The predicted octanol–water partition coefficient (Wildman–Crippen LogP) is 4.00. The van der Waals surface area contributed by atoms with Crippen LogP contribution in [0.5, 0.6) is 0 Å². The van der Waals surface area contributed by atoms with E-state index in [2.05, 4.69) is 4.98 Å². The van der Waals surface area contributed by atoms with Gasteiger partial charge in [-0.1, -0.05) is 72.9 Å². The molecule has 168 valence electrons. The highest BCUT2D eigenvalue weighted by Gasteiger charge is 2.25. The Bertz CT molecular complexity index is 1200. The molecular formula is C23H24Cl2N4O3. The Kier molecular flexibility index (Phi) is 7.77. The number of amides is 1. The molecule has 0 aliphatic heterocycles. The third kappa shape index (κ3) is 5.23. The number of nitrogens with one attached hydrogen (secondary N) is 1. The van der Waals surface area contributed by atoms with Crippen molar-refractivity contribution in [3.8, 4) is 0 Å². The van der Waals surface area contributed by atoms with Crippen LogP contribution in [0.4, 0.5) is 11.5 Å². The van der Waals surface area contributed by atoms with E-state index in [4.69, 9.17) is 28.9 Å². The second-order valence-corrected chi connectivity index (χ2v) is 8.16. The Labute approximate surface area is 195 Å². The summed E-state index contributed by atoms with van der Waals surface area (Å²) in [6.07, 6.45) is 1.38. The third-order valence-corrected chi connectivity index (χ3v) is 5.80. The minimum Gasteiger partial charge on any atom is -0.383 e. The maximum atomic E-state index is 13.4. The standard InChI is InChI=1S/C23H24Cl2N4O3/c1-2-3-12-28-21(26)20(22(31)27-23(28)32)29(14-15-8-5-4-6-9-15)19(30)13-16-17(24)10-7-11-18(16)25/h4-11H,2-3,12-14,26H2,1H3,(H,27,31,32). The molecule has 0 saturated carbocycles. The number of H-pyrrole nitrogens is 1. The topological polar surface area (TPSA) is 101 Å². The van der Waals surface area contributed by atoms with E-state index in [1.165, 1.54) is 9.47 Å². The molecule has 0 fully saturated rings. The molecule has 0 unspecified atom stereocenters. The van der Waals surface area contributed by atoms with Gasteiger partial charge in [0.05, 0.1) is 13.0 Å². The smallest absolute Gasteiger partial charge is 0.330 e. The van der Waals surface area contributed by atoms with Gasteiger partial charge in [-0.25, -0.2) is 4.79 Å². The highest BCUT2D eigenvalue weighted by atomic mass is 35.5. The zero-order valence-corrected chi connectivity index (χ0v) is 19.1. The number of nitrogen functional groups attached to an aromatic ring is 1. The van der Waals surface area contributed by atoms with Gasteiger partial charge >= 0.3 is 5.69 Å². The molecular weight excluding hydrogens is 451 g/mol. The molecule has 1 amide bonds. The molecule has 32 heavy (non-hydrogen) atoms. The van der Waals surface area contributed by atoms with Gasteiger partial charge in [0.2, 0.25) is 5.91 Å². The Morgan fingerprint density at radius 3 is 2.34 bits per heavy atom. The van der Waals surface area contributed by atoms with E-state index in [9.17, 15) is 14.4 Å². The lowest BCUT2D eigenvalue weighted by atomic mass is 10.1. The highest BCUT2D eigenvalue weighted by Crippen LogP contribution is 2.27. The molecule has 0 aliphatic carbocycles. The van der Waals surface area contributed by atoms with E-state index < -0.39 is 17.2 Å². The third-order valence-electron chi connectivity index (χ3n) is 5.09. The van der Waals surface area contributed by atoms with Crippen molar-refractivity contribution in [1.82, 2.24) is 9.55 Å². The van der Waals surface area contributed by atoms with Crippen molar-refractivity contribution in [2.75, 3.05) is 10.6 Å². The first kappa shape index (κ1) is 23.6. The van der Waals surface area contributed by atoms with Crippen LogP contribution in [-0.2, 0) is 24.3 Å². The van der Waals surface area contributed by atoms with Gasteiger partial charge in [-0.3, -0.25) is 24.0 Å². The lowest BCUT2D eigenvalue weighted by Gasteiger charge is -2.25. The van der Waals surface area contributed by atoms with E-state index in [0.29, 0.717) is 28.6 Å². The van der Waals surface area contributed by atoms with Crippen molar-refractivity contribution in [2.45, 2.75) is 39.3 Å². The fraction of sp³-hybridized carbons (Fsp3) is 0.261. The van der Waals surface area contributed by atoms with Crippen molar-refractivity contribution in [3.63, 3.8) is 0 Å². The molecule has 0 atom stereocenters. The summed E-state index contributed by atoms with van der Waals surface area (Å²) in [5.74, 6) is -0.483. The van der Waals surface area contributed by atoms with Gasteiger partial charge in [0.1, 0.15) is 5.82 Å². The van der Waals surface area contributed by atoms with Gasteiger partial charge in [-0.05, 0) is 29.7 Å². The van der Waals surface area contributed by atoms with E-state index in [1.54, 1.807) is 18.2 Å². The van der Waals surface area contributed by atoms with Crippen molar-refractivity contribution in [1.29, 1.82) is 0 Å². The number of aromatic amines is 1. The predicted molar refractivity (Wildman–Crippen MR) is 128 cm³/mol. The van der Waals surface area contributed by atoms with E-state index >= 15 is 0 Å². The number of halogens is 2. The average molecular weight is 475 g/mol. The summed E-state index contributed by atoms with van der Waals surface area (Å²) in [7, 11) is 0. The van der Waals surface area contributed by atoms with Gasteiger partial charge in [0.15, 0.2) is 5.69 Å². The zero-order chi connectivity index (χ0) is 23.3. The molecule has 7 nitrogen and oxygen atoms in total. The fourth-order valence-corrected chi connectivity index (χ4v) is 3.91. The molecule has 1 aromatic heterocycles. The minimum absolute atomic E-state index is 0.0539. The molecule has 1 heterocycles. The van der Waals surface area contributed by atoms with Crippen LogP contribution < -0.4 is 21.9 Å². The van der Waals surface area contributed by atoms with Crippen LogP contribution in [0.15, 0.2) is 58.1 Å². The molecule has 0 bridgehead atoms. The second kappa shape index (κ2) is 10.5. The average Bonchev–Trinajstić information content (AvgIpc) is 2.76. The first-order valence-electron chi connectivity index (χ1n) is 10.2. The molecule has 9 heteroatoms. The monoisotopic (exact) mass is 474 g/mol. The van der Waals surface area contributed by atoms with Crippen molar-refractivity contribution in [2.24, 2.45) is 0 Å². The van der Waals surface area contributed by atoms with Crippen molar-refractivity contribution >= 4 is 40.6 Å². The zero-order valence-electron chi connectivity index (χ0n) is 17.6. The van der Waals surface area contributed by atoms with Gasteiger partial charge in [-0.2, -0.15) is 0 Å². The van der Waals surface area contributed by atoms with Crippen LogP contribution >= 0.6 is 23.2 Å². The van der Waals surface area contributed by atoms with Gasteiger partial charge in [-0.15, -0.1) is 0 Å². The van der Waals surface area contributed by atoms with Gasteiger partial charge in [0.25, 0.3) is 5.56 Å². The molecule has 2 aromatic carbocycles. The maximum Gasteiger partial charge on any atom is 0.330 e. The number of carbonyl (C=O) groups excluding carboxylic acids is 1. The fourth-order valence-electron chi connectivity index (χ4n) is 3.38. The van der Waals surface area contributed by atoms with Crippen LogP contribution in [-0.4, -0.2) is 15.5 Å². The van der Waals surface area contributed by atoms with Crippen LogP contribution in [0, 0.1) is 0 Å². The van der Waals surface area contributed by atoms with E-state index in [-0.39, 0.29) is 24.5 Å². The number of carbonyl (C=O) groups is 1. The van der Waals surface area contributed by atoms with Gasteiger partial charge < -0.3 is 5.73 Å². The largest absolute Gasteiger partial charge is 0.383 e. The number of hydrogen-bond acceptors (Lipinski definition) is 4.